The lowest BCUT2D eigenvalue weighted by molar-refractivity contribution is -0.115. The van der Waals surface area contributed by atoms with Crippen molar-refractivity contribution in [1.29, 1.82) is 0 Å². The second-order valence-electron chi connectivity index (χ2n) is 3.91. The standard InChI is InChI=1S/C12H14ClNO4S/c1-3-6-19(17,18)8(2)12(16)14-10-7-9(13)4-5-11(10)15/h3-5,7-8,15H,1,6H2,2H3,(H,14,16). The number of hydrogen-bond donors (Lipinski definition) is 2. The van der Waals surface area contributed by atoms with Crippen LogP contribution in [0.15, 0.2) is 30.9 Å². The van der Waals surface area contributed by atoms with Crippen molar-refractivity contribution in [2.24, 2.45) is 0 Å². The first-order valence-electron chi connectivity index (χ1n) is 5.39. The Balaban J connectivity index is 2.91. The Morgan fingerprint density at radius 1 is 1.58 bits per heavy atom. The highest BCUT2D eigenvalue weighted by atomic mass is 35.5. The summed E-state index contributed by atoms with van der Waals surface area (Å²) in [5.41, 5.74) is 0.0677. The van der Waals surface area contributed by atoms with Crippen molar-refractivity contribution in [3.8, 4) is 5.75 Å². The molecule has 0 fully saturated rings. The van der Waals surface area contributed by atoms with Gasteiger partial charge in [-0.05, 0) is 25.1 Å². The highest BCUT2D eigenvalue weighted by Crippen LogP contribution is 2.26. The number of rotatable bonds is 5. The predicted octanol–water partition coefficient (Wildman–Crippen LogP) is 1.97. The lowest BCUT2D eigenvalue weighted by Gasteiger charge is -2.13. The van der Waals surface area contributed by atoms with E-state index in [-0.39, 0.29) is 17.2 Å². The van der Waals surface area contributed by atoms with Crippen LogP contribution in [0.1, 0.15) is 6.92 Å². The minimum absolute atomic E-state index is 0.0677. The normalized spacial score (nSPS) is 12.7. The molecule has 104 valence electrons. The Morgan fingerprint density at radius 3 is 2.79 bits per heavy atom. The summed E-state index contributed by atoms with van der Waals surface area (Å²) in [6.45, 7) is 4.60. The molecule has 5 nitrogen and oxygen atoms in total. The Kier molecular flexibility index (Phi) is 4.97. The zero-order valence-corrected chi connectivity index (χ0v) is 11.8. The van der Waals surface area contributed by atoms with Crippen molar-refractivity contribution in [3.63, 3.8) is 0 Å². The molecule has 1 aromatic rings. The summed E-state index contributed by atoms with van der Waals surface area (Å²) < 4.78 is 23.4. The van der Waals surface area contributed by atoms with Crippen LogP contribution in [0.4, 0.5) is 5.69 Å². The largest absolute Gasteiger partial charge is 0.506 e. The van der Waals surface area contributed by atoms with Gasteiger partial charge in [0.15, 0.2) is 9.84 Å². The number of hydrogen-bond acceptors (Lipinski definition) is 4. The molecule has 0 radical (unpaired) electrons. The van der Waals surface area contributed by atoms with E-state index in [0.717, 1.165) is 0 Å². The van der Waals surface area contributed by atoms with Crippen molar-refractivity contribution >= 4 is 33.0 Å². The third kappa shape index (κ3) is 3.97. The topological polar surface area (TPSA) is 83.5 Å². The number of phenolic OH excluding ortho intramolecular Hbond substituents is 1. The van der Waals surface area contributed by atoms with Crippen LogP contribution in [0, 0.1) is 0 Å². The predicted molar refractivity (Wildman–Crippen MR) is 75.2 cm³/mol. The molecule has 0 saturated carbocycles. The maximum atomic E-state index is 11.8. The van der Waals surface area contributed by atoms with Gasteiger partial charge >= 0.3 is 0 Å². The van der Waals surface area contributed by atoms with Crippen LogP contribution in [0.25, 0.3) is 0 Å². The van der Waals surface area contributed by atoms with Crippen LogP contribution in [0.2, 0.25) is 5.02 Å². The molecule has 0 aromatic heterocycles. The molecule has 1 unspecified atom stereocenters. The quantitative estimate of drug-likeness (QED) is 0.643. The highest BCUT2D eigenvalue weighted by Gasteiger charge is 2.27. The van der Waals surface area contributed by atoms with Gasteiger partial charge in [0.1, 0.15) is 11.0 Å². The first-order chi connectivity index (χ1) is 8.77. The molecule has 0 aliphatic heterocycles. The van der Waals surface area contributed by atoms with Crippen LogP contribution >= 0.6 is 11.6 Å². The average molecular weight is 304 g/mol. The number of carbonyl (C=O) groups is 1. The van der Waals surface area contributed by atoms with Gasteiger partial charge in [-0.2, -0.15) is 0 Å². The average Bonchev–Trinajstić information content (AvgIpc) is 2.32. The fourth-order valence-electron chi connectivity index (χ4n) is 1.31. The fourth-order valence-corrected chi connectivity index (χ4v) is 2.49. The SMILES string of the molecule is C=CCS(=O)(=O)C(C)C(=O)Nc1cc(Cl)ccc1O. The van der Waals surface area contributed by atoms with Crippen LogP contribution in [-0.2, 0) is 14.6 Å². The Bertz CT molecular complexity index is 598. The summed E-state index contributed by atoms with van der Waals surface area (Å²) in [6, 6.07) is 4.09. The van der Waals surface area contributed by atoms with E-state index < -0.39 is 21.0 Å². The Morgan fingerprint density at radius 2 is 2.21 bits per heavy atom. The number of anilines is 1. The molecule has 0 aliphatic carbocycles. The molecule has 19 heavy (non-hydrogen) atoms. The molecule has 1 atom stereocenters. The monoisotopic (exact) mass is 303 g/mol. The summed E-state index contributed by atoms with van der Waals surface area (Å²) in [6.07, 6.45) is 1.22. The van der Waals surface area contributed by atoms with E-state index in [0.29, 0.717) is 5.02 Å². The molecule has 0 spiro atoms. The molecule has 0 heterocycles. The molecule has 0 aliphatic rings. The van der Waals surface area contributed by atoms with Gasteiger partial charge in [-0.1, -0.05) is 17.7 Å². The Hall–Kier alpha value is -1.53. The van der Waals surface area contributed by atoms with Gasteiger partial charge in [0.25, 0.3) is 0 Å². The first kappa shape index (κ1) is 15.5. The molecule has 1 amide bonds. The maximum Gasteiger partial charge on any atom is 0.242 e. The number of nitrogens with one attached hydrogen (secondary N) is 1. The minimum Gasteiger partial charge on any atom is -0.506 e. The molecule has 1 rings (SSSR count). The maximum absolute atomic E-state index is 11.8. The summed E-state index contributed by atoms with van der Waals surface area (Å²) in [7, 11) is -3.60. The molecule has 0 bridgehead atoms. The smallest absolute Gasteiger partial charge is 0.242 e. The molecule has 7 heteroatoms. The van der Waals surface area contributed by atoms with E-state index in [1.165, 1.54) is 31.2 Å². The number of amides is 1. The summed E-state index contributed by atoms with van der Waals surface area (Å²) in [5, 5.41) is 10.9. The summed E-state index contributed by atoms with van der Waals surface area (Å²) in [4.78, 5) is 11.8. The van der Waals surface area contributed by atoms with Crippen LogP contribution < -0.4 is 5.32 Å². The fraction of sp³-hybridized carbons (Fsp3) is 0.250. The molecule has 2 N–H and O–H groups in total. The lowest BCUT2D eigenvalue weighted by atomic mass is 10.3. The van der Waals surface area contributed by atoms with Gasteiger partial charge in [0.2, 0.25) is 5.91 Å². The van der Waals surface area contributed by atoms with E-state index in [9.17, 15) is 18.3 Å². The molecular formula is C12H14ClNO4S. The van der Waals surface area contributed by atoms with E-state index in [1.54, 1.807) is 0 Å². The summed E-state index contributed by atoms with van der Waals surface area (Å²) >= 11 is 5.73. The van der Waals surface area contributed by atoms with Crippen LogP contribution in [0.5, 0.6) is 5.75 Å². The lowest BCUT2D eigenvalue weighted by Crippen LogP contribution is -2.33. The van der Waals surface area contributed by atoms with Crippen molar-refractivity contribution < 1.29 is 18.3 Å². The van der Waals surface area contributed by atoms with Gasteiger partial charge in [-0.15, -0.1) is 6.58 Å². The number of phenols is 1. The second kappa shape index (κ2) is 6.08. The van der Waals surface area contributed by atoms with E-state index >= 15 is 0 Å². The summed E-state index contributed by atoms with van der Waals surface area (Å²) in [5.74, 6) is -1.21. The molecular weight excluding hydrogens is 290 g/mol. The third-order valence-corrected chi connectivity index (χ3v) is 4.70. The van der Waals surface area contributed by atoms with Gasteiger partial charge < -0.3 is 10.4 Å². The number of aromatic hydroxyl groups is 1. The van der Waals surface area contributed by atoms with Crippen LogP contribution in [0.3, 0.4) is 0 Å². The van der Waals surface area contributed by atoms with Gasteiger partial charge in [0, 0.05) is 5.02 Å². The Labute approximate surface area is 116 Å². The van der Waals surface area contributed by atoms with Crippen LogP contribution in [-0.4, -0.2) is 30.4 Å². The molecule has 1 aromatic carbocycles. The van der Waals surface area contributed by atoms with E-state index in [4.69, 9.17) is 11.6 Å². The number of halogens is 1. The van der Waals surface area contributed by atoms with Crippen molar-refractivity contribution in [2.45, 2.75) is 12.2 Å². The first-order valence-corrected chi connectivity index (χ1v) is 7.49. The number of carbonyl (C=O) groups excluding carboxylic acids is 1. The highest BCUT2D eigenvalue weighted by molar-refractivity contribution is 7.92. The van der Waals surface area contributed by atoms with Gasteiger partial charge in [-0.3, -0.25) is 4.79 Å². The van der Waals surface area contributed by atoms with E-state index in [1.807, 2.05) is 0 Å². The zero-order valence-electron chi connectivity index (χ0n) is 10.3. The van der Waals surface area contributed by atoms with E-state index in [2.05, 4.69) is 11.9 Å². The molecule has 0 saturated heterocycles. The number of sulfone groups is 1. The van der Waals surface area contributed by atoms with Gasteiger partial charge in [0.05, 0.1) is 11.4 Å². The third-order valence-electron chi connectivity index (χ3n) is 2.47. The minimum atomic E-state index is -3.60. The number of benzene rings is 1. The zero-order chi connectivity index (χ0) is 14.6. The van der Waals surface area contributed by atoms with Gasteiger partial charge in [-0.25, -0.2) is 8.42 Å². The van der Waals surface area contributed by atoms with Crippen molar-refractivity contribution in [2.75, 3.05) is 11.1 Å². The second-order valence-corrected chi connectivity index (χ2v) is 6.71. The van der Waals surface area contributed by atoms with Crippen molar-refractivity contribution in [1.82, 2.24) is 0 Å². The van der Waals surface area contributed by atoms with Crippen molar-refractivity contribution in [3.05, 3.63) is 35.9 Å².